The summed E-state index contributed by atoms with van der Waals surface area (Å²) in [6.07, 6.45) is 2.33. The third-order valence-corrected chi connectivity index (χ3v) is 2.03. The van der Waals surface area contributed by atoms with Crippen LogP contribution in [0.3, 0.4) is 0 Å². The van der Waals surface area contributed by atoms with Crippen molar-refractivity contribution in [2.24, 2.45) is 0 Å². The van der Waals surface area contributed by atoms with Crippen LogP contribution in [-0.4, -0.2) is 22.8 Å². The van der Waals surface area contributed by atoms with Crippen molar-refractivity contribution < 1.29 is 14.6 Å². The Morgan fingerprint density at radius 1 is 1.83 bits per heavy atom. The van der Waals surface area contributed by atoms with Crippen LogP contribution in [0.2, 0.25) is 0 Å². The molecule has 12 heavy (non-hydrogen) atoms. The number of carbonyl (C=O) groups is 1. The van der Waals surface area contributed by atoms with Crippen molar-refractivity contribution in [1.29, 1.82) is 0 Å². The van der Waals surface area contributed by atoms with E-state index in [-0.39, 0.29) is 6.10 Å². The van der Waals surface area contributed by atoms with Gasteiger partial charge in [0.15, 0.2) is 5.60 Å². The number of ether oxygens (including phenoxy) is 1. The topological polar surface area (TPSA) is 46.5 Å². The van der Waals surface area contributed by atoms with Gasteiger partial charge in [-0.05, 0) is 20.8 Å². The van der Waals surface area contributed by atoms with Crippen LogP contribution in [0.5, 0.6) is 0 Å². The van der Waals surface area contributed by atoms with Crippen molar-refractivity contribution in [3.05, 3.63) is 11.6 Å². The lowest BCUT2D eigenvalue weighted by Gasteiger charge is -2.32. The van der Waals surface area contributed by atoms with Gasteiger partial charge in [0.25, 0.3) is 0 Å². The summed E-state index contributed by atoms with van der Waals surface area (Å²) in [4.78, 5) is 10.8. The largest absolute Gasteiger partial charge is 0.479 e. The molecule has 0 saturated carbocycles. The first-order valence-corrected chi connectivity index (χ1v) is 4.02. The van der Waals surface area contributed by atoms with Crippen molar-refractivity contribution in [3.63, 3.8) is 0 Å². The van der Waals surface area contributed by atoms with Gasteiger partial charge in [-0.3, -0.25) is 0 Å². The highest BCUT2D eigenvalue weighted by Crippen LogP contribution is 2.28. The second kappa shape index (κ2) is 2.90. The maximum absolute atomic E-state index is 10.8. The van der Waals surface area contributed by atoms with E-state index in [2.05, 4.69) is 0 Å². The fraction of sp³-hybridized carbons (Fsp3) is 0.667. The molecule has 0 spiro atoms. The lowest BCUT2D eigenvalue weighted by molar-refractivity contribution is -0.168. The van der Waals surface area contributed by atoms with Crippen LogP contribution in [0.4, 0.5) is 0 Å². The fourth-order valence-electron chi connectivity index (χ4n) is 1.60. The van der Waals surface area contributed by atoms with Crippen LogP contribution in [0, 0.1) is 0 Å². The molecule has 1 rings (SSSR count). The monoisotopic (exact) mass is 170 g/mol. The van der Waals surface area contributed by atoms with Crippen molar-refractivity contribution >= 4 is 5.97 Å². The molecule has 1 aliphatic heterocycles. The van der Waals surface area contributed by atoms with E-state index in [0.29, 0.717) is 6.42 Å². The Bertz CT molecular complexity index is 232. The molecule has 68 valence electrons. The minimum Gasteiger partial charge on any atom is -0.479 e. The van der Waals surface area contributed by atoms with Gasteiger partial charge in [0.05, 0.1) is 6.10 Å². The number of carboxylic acids is 1. The van der Waals surface area contributed by atoms with Crippen LogP contribution in [-0.2, 0) is 9.53 Å². The quantitative estimate of drug-likeness (QED) is 0.608. The van der Waals surface area contributed by atoms with Crippen LogP contribution in [0.1, 0.15) is 27.2 Å². The van der Waals surface area contributed by atoms with Gasteiger partial charge < -0.3 is 9.84 Å². The molecule has 0 fully saturated rings. The Morgan fingerprint density at radius 2 is 2.42 bits per heavy atom. The van der Waals surface area contributed by atoms with Crippen molar-refractivity contribution in [3.8, 4) is 0 Å². The van der Waals surface area contributed by atoms with Crippen LogP contribution in [0.25, 0.3) is 0 Å². The van der Waals surface area contributed by atoms with E-state index in [9.17, 15) is 4.79 Å². The first-order valence-electron chi connectivity index (χ1n) is 4.02. The zero-order chi connectivity index (χ0) is 9.35. The standard InChI is InChI=1S/C9H14O3/c1-6-4-7(2)12-9(3,5-6)8(10)11/h4,7H,5H2,1-3H3,(H,10,11)/t7-,9-/m0/s1. The van der Waals surface area contributed by atoms with E-state index in [1.807, 2.05) is 19.9 Å². The summed E-state index contributed by atoms with van der Waals surface area (Å²) in [6, 6.07) is 0. The average molecular weight is 170 g/mol. The Labute approximate surface area is 72.0 Å². The minimum atomic E-state index is -1.03. The maximum atomic E-state index is 10.8. The maximum Gasteiger partial charge on any atom is 0.336 e. The van der Waals surface area contributed by atoms with Crippen molar-refractivity contribution in [1.82, 2.24) is 0 Å². The highest BCUT2D eigenvalue weighted by Gasteiger charge is 2.38. The van der Waals surface area contributed by atoms with E-state index in [4.69, 9.17) is 9.84 Å². The third kappa shape index (κ3) is 1.67. The first kappa shape index (κ1) is 9.26. The molecule has 0 aromatic heterocycles. The predicted molar refractivity (Wildman–Crippen MR) is 45.0 cm³/mol. The Kier molecular flexibility index (Phi) is 2.24. The normalized spacial score (nSPS) is 35.9. The average Bonchev–Trinajstić information content (AvgIpc) is 1.82. The van der Waals surface area contributed by atoms with Crippen LogP contribution >= 0.6 is 0 Å². The number of aliphatic carboxylic acids is 1. The minimum absolute atomic E-state index is 0.0974. The molecule has 3 heteroatoms. The molecule has 0 radical (unpaired) electrons. The molecular formula is C9H14O3. The lowest BCUT2D eigenvalue weighted by atomic mass is 9.93. The summed E-state index contributed by atoms with van der Waals surface area (Å²) in [7, 11) is 0. The van der Waals surface area contributed by atoms with Crippen LogP contribution in [0.15, 0.2) is 11.6 Å². The molecule has 1 aliphatic rings. The van der Waals surface area contributed by atoms with Crippen molar-refractivity contribution in [2.75, 3.05) is 0 Å². The third-order valence-electron chi connectivity index (χ3n) is 2.03. The van der Waals surface area contributed by atoms with E-state index in [0.717, 1.165) is 5.57 Å². The Balaban J connectivity index is 2.85. The smallest absolute Gasteiger partial charge is 0.336 e. The van der Waals surface area contributed by atoms with Gasteiger partial charge in [-0.1, -0.05) is 11.6 Å². The summed E-state index contributed by atoms with van der Waals surface area (Å²) in [5, 5.41) is 8.88. The summed E-state index contributed by atoms with van der Waals surface area (Å²) in [6.45, 7) is 5.40. The number of hydrogen-bond donors (Lipinski definition) is 1. The second-order valence-corrected chi connectivity index (χ2v) is 3.55. The molecular weight excluding hydrogens is 156 g/mol. The summed E-state index contributed by atoms with van der Waals surface area (Å²) in [5.41, 5.74) is 0.0526. The SMILES string of the molecule is CC1=C[C@H](C)O[C@](C)(C(=O)O)C1. The molecule has 1 heterocycles. The van der Waals surface area contributed by atoms with E-state index in [1.165, 1.54) is 0 Å². The zero-order valence-corrected chi connectivity index (χ0v) is 7.63. The van der Waals surface area contributed by atoms with Gasteiger partial charge in [0.1, 0.15) is 0 Å². The molecule has 0 unspecified atom stereocenters. The van der Waals surface area contributed by atoms with Gasteiger partial charge in [-0.2, -0.15) is 0 Å². The van der Waals surface area contributed by atoms with E-state index in [1.54, 1.807) is 6.92 Å². The highest BCUT2D eigenvalue weighted by molar-refractivity contribution is 5.77. The van der Waals surface area contributed by atoms with E-state index >= 15 is 0 Å². The molecule has 3 nitrogen and oxygen atoms in total. The Hall–Kier alpha value is -0.830. The molecule has 2 atom stereocenters. The van der Waals surface area contributed by atoms with Gasteiger partial charge in [-0.25, -0.2) is 4.79 Å². The van der Waals surface area contributed by atoms with Gasteiger partial charge in [0.2, 0.25) is 0 Å². The lowest BCUT2D eigenvalue weighted by Crippen LogP contribution is -2.43. The summed E-state index contributed by atoms with van der Waals surface area (Å²) < 4.78 is 5.33. The van der Waals surface area contributed by atoms with Gasteiger partial charge in [-0.15, -0.1) is 0 Å². The number of carboxylic acid groups (broad SMARTS) is 1. The molecule has 0 saturated heterocycles. The Morgan fingerprint density at radius 3 is 2.83 bits per heavy atom. The zero-order valence-electron chi connectivity index (χ0n) is 7.63. The number of rotatable bonds is 1. The molecule has 1 N–H and O–H groups in total. The van der Waals surface area contributed by atoms with Crippen LogP contribution < -0.4 is 0 Å². The predicted octanol–water partition coefficient (Wildman–Crippen LogP) is 1.58. The van der Waals surface area contributed by atoms with Gasteiger partial charge in [0, 0.05) is 6.42 Å². The summed E-state index contributed by atoms with van der Waals surface area (Å²) >= 11 is 0. The van der Waals surface area contributed by atoms with Crippen molar-refractivity contribution in [2.45, 2.75) is 38.9 Å². The molecule has 0 amide bonds. The highest BCUT2D eigenvalue weighted by atomic mass is 16.5. The van der Waals surface area contributed by atoms with E-state index < -0.39 is 11.6 Å². The molecule has 0 aromatic rings. The van der Waals surface area contributed by atoms with Gasteiger partial charge >= 0.3 is 5.97 Å². The molecule has 0 bridgehead atoms. The number of hydrogen-bond acceptors (Lipinski definition) is 2. The fourth-order valence-corrected chi connectivity index (χ4v) is 1.60. The molecule has 0 aromatic carbocycles. The first-order chi connectivity index (χ1) is 5.44. The molecule has 0 aliphatic carbocycles. The summed E-state index contributed by atoms with van der Waals surface area (Å²) in [5.74, 6) is -0.887. The second-order valence-electron chi connectivity index (χ2n) is 3.55.